The molecule has 0 amide bonds. The molecule has 88 valence electrons. The molecule has 0 radical (unpaired) electrons. The van der Waals surface area contributed by atoms with Crippen LogP contribution in [0.1, 0.15) is 17.2 Å². The monoisotopic (exact) mass is 250 g/mol. The summed E-state index contributed by atoms with van der Waals surface area (Å²) in [6, 6.07) is 4.88. The molecule has 0 saturated carbocycles. The number of halogens is 1. The lowest BCUT2D eigenvalue weighted by Gasteiger charge is -2.08. The SMILES string of the molecule is Cc1cc(=O)n(Cc2ccc(Cl)nn2)c(C)n1. The van der Waals surface area contributed by atoms with Crippen LogP contribution in [0.25, 0.3) is 0 Å². The number of hydrogen-bond donors (Lipinski definition) is 0. The summed E-state index contributed by atoms with van der Waals surface area (Å²) in [6.07, 6.45) is 0. The largest absolute Gasteiger partial charge is 0.291 e. The topological polar surface area (TPSA) is 60.7 Å². The maximum absolute atomic E-state index is 11.8. The first-order chi connectivity index (χ1) is 8.06. The van der Waals surface area contributed by atoms with Crippen LogP contribution in [0.4, 0.5) is 0 Å². The zero-order valence-electron chi connectivity index (χ0n) is 9.51. The normalized spacial score (nSPS) is 10.5. The number of rotatable bonds is 2. The molecule has 2 rings (SSSR count). The molecular weight excluding hydrogens is 240 g/mol. The van der Waals surface area contributed by atoms with Crippen LogP contribution in [0, 0.1) is 13.8 Å². The molecule has 0 aliphatic heterocycles. The van der Waals surface area contributed by atoms with E-state index in [-0.39, 0.29) is 5.56 Å². The lowest BCUT2D eigenvalue weighted by Crippen LogP contribution is -2.24. The first kappa shape index (κ1) is 11.7. The molecule has 0 aromatic carbocycles. The van der Waals surface area contributed by atoms with Gasteiger partial charge in [-0.3, -0.25) is 9.36 Å². The summed E-state index contributed by atoms with van der Waals surface area (Å²) < 4.78 is 1.55. The Labute approximate surface area is 103 Å². The van der Waals surface area contributed by atoms with E-state index >= 15 is 0 Å². The second-order valence-electron chi connectivity index (χ2n) is 3.72. The van der Waals surface area contributed by atoms with Gasteiger partial charge in [-0.05, 0) is 26.0 Å². The highest BCUT2D eigenvalue weighted by Crippen LogP contribution is 2.04. The Bertz CT molecular complexity index is 591. The number of aromatic nitrogens is 4. The minimum atomic E-state index is -0.0910. The van der Waals surface area contributed by atoms with Crippen LogP contribution in [0.15, 0.2) is 23.0 Å². The molecule has 0 unspecified atom stereocenters. The van der Waals surface area contributed by atoms with Crippen molar-refractivity contribution in [3.63, 3.8) is 0 Å². The minimum absolute atomic E-state index is 0.0910. The van der Waals surface area contributed by atoms with Crippen LogP contribution in [-0.2, 0) is 6.54 Å². The third-order valence-electron chi connectivity index (χ3n) is 2.33. The van der Waals surface area contributed by atoms with E-state index in [0.29, 0.717) is 28.9 Å². The molecule has 0 saturated heterocycles. The first-order valence-electron chi connectivity index (χ1n) is 5.09. The standard InChI is InChI=1S/C11H11ClN4O/c1-7-5-11(17)16(8(2)13-7)6-9-3-4-10(12)15-14-9/h3-5H,6H2,1-2H3. The van der Waals surface area contributed by atoms with Crippen molar-refractivity contribution < 1.29 is 0 Å². The van der Waals surface area contributed by atoms with Crippen molar-refractivity contribution in [2.24, 2.45) is 0 Å². The van der Waals surface area contributed by atoms with Gasteiger partial charge in [-0.15, -0.1) is 5.10 Å². The van der Waals surface area contributed by atoms with Crippen molar-refractivity contribution in [3.8, 4) is 0 Å². The molecule has 6 heteroatoms. The molecule has 0 atom stereocenters. The van der Waals surface area contributed by atoms with Gasteiger partial charge in [0.15, 0.2) is 5.15 Å². The van der Waals surface area contributed by atoms with E-state index < -0.39 is 0 Å². The van der Waals surface area contributed by atoms with Crippen molar-refractivity contribution in [2.45, 2.75) is 20.4 Å². The highest BCUT2D eigenvalue weighted by atomic mass is 35.5. The molecule has 0 aliphatic carbocycles. The summed E-state index contributed by atoms with van der Waals surface area (Å²) in [7, 11) is 0. The number of aryl methyl sites for hydroxylation is 2. The van der Waals surface area contributed by atoms with Crippen LogP contribution < -0.4 is 5.56 Å². The van der Waals surface area contributed by atoms with E-state index in [0.717, 1.165) is 0 Å². The third-order valence-corrected chi connectivity index (χ3v) is 2.54. The Morgan fingerprint density at radius 1 is 1.29 bits per heavy atom. The Morgan fingerprint density at radius 2 is 2.06 bits per heavy atom. The quantitative estimate of drug-likeness (QED) is 0.807. The lowest BCUT2D eigenvalue weighted by molar-refractivity contribution is 0.672. The Balaban J connectivity index is 2.36. The molecule has 2 aromatic heterocycles. The molecule has 0 spiro atoms. The lowest BCUT2D eigenvalue weighted by atomic mass is 10.3. The average Bonchev–Trinajstić information content (AvgIpc) is 2.26. The molecule has 5 nitrogen and oxygen atoms in total. The maximum atomic E-state index is 11.8. The van der Waals surface area contributed by atoms with E-state index in [9.17, 15) is 4.79 Å². The summed E-state index contributed by atoms with van der Waals surface area (Å²) in [5, 5.41) is 7.97. The van der Waals surface area contributed by atoms with Gasteiger partial charge < -0.3 is 0 Å². The van der Waals surface area contributed by atoms with E-state index in [1.54, 1.807) is 30.5 Å². The van der Waals surface area contributed by atoms with Gasteiger partial charge in [0.1, 0.15) is 5.82 Å². The Morgan fingerprint density at radius 3 is 2.65 bits per heavy atom. The Hall–Kier alpha value is -1.75. The van der Waals surface area contributed by atoms with Gasteiger partial charge in [0.2, 0.25) is 0 Å². The molecule has 17 heavy (non-hydrogen) atoms. The van der Waals surface area contributed by atoms with Crippen LogP contribution in [0.3, 0.4) is 0 Å². The number of hydrogen-bond acceptors (Lipinski definition) is 4. The van der Waals surface area contributed by atoms with Crippen LogP contribution >= 0.6 is 11.6 Å². The van der Waals surface area contributed by atoms with Gasteiger partial charge in [-0.1, -0.05) is 11.6 Å². The fraction of sp³-hybridized carbons (Fsp3) is 0.273. The third kappa shape index (κ3) is 2.68. The van der Waals surface area contributed by atoms with Gasteiger partial charge in [-0.25, -0.2) is 4.98 Å². The van der Waals surface area contributed by atoms with Crippen LogP contribution in [0.5, 0.6) is 0 Å². The highest BCUT2D eigenvalue weighted by Gasteiger charge is 2.05. The second-order valence-corrected chi connectivity index (χ2v) is 4.10. The first-order valence-corrected chi connectivity index (χ1v) is 5.47. The average molecular weight is 251 g/mol. The fourth-order valence-corrected chi connectivity index (χ4v) is 1.65. The van der Waals surface area contributed by atoms with Crippen LogP contribution in [-0.4, -0.2) is 19.7 Å². The van der Waals surface area contributed by atoms with Crippen molar-refractivity contribution >= 4 is 11.6 Å². The zero-order valence-corrected chi connectivity index (χ0v) is 10.3. The molecule has 0 aliphatic rings. The van der Waals surface area contributed by atoms with E-state index in [1.165, 1.54) is 6.07 Å². The van der Waals surface area contributed by atoms with E-state index in [1.807, 2.05) is 0 Å². The molecular formula is C11H11ClN4O. The summed E-state index contributed by atoms with van der Waals surface area (Å²) >= 11 is 5.64. The highest BCUT2D eigenvalue weighted by molar-refractivity contribution is 6.29. The number of nitrogens with zero attached hydrogens (tertiary/aromatic N) is 4. The summed E-state index contributed by atoms with van der Waals surface area (Å²) in [5.74, 6) is 0.659. The van der Waals surface area contributed by atoms with Gasteiger partial charge in [0.05, 0.1) is 12.2 Å². The van der Waals surface area contributed by atoms with Crippen molar-refractivity contribution in [3.05, 3.63) is 50.9 Å². The molecule has 2 aromatic rings. The summed E-state index contributed by atoms with van der Waals surface area (Å²) in [6.45, 7) is 3.93. The minimum Gasteiger partial charge on any atom is -0.291 e. The van der Waals surface area contributed by atoms with Gasteiger partial charge in [-0.2, -0.15) is 5.10 Å². The van der Waals surface area contributed by atoms with E-state index in [2.05, 4.69) is 15.2 Å². The molecule has 0 N–H and O–H groups in total. The summed E-state index contributed by atoms with van der Waals surface area (Å²) in [5.41, 5.74) is 1.29. The molecule has 0 fully saturated rings. The fourth-order valence-electron chi connectivity index (χ4n) is 1.55. The second kappa shape index (κ2) is 4.63. The smallest absolute Gasteiger partial charge is 0.254 e. The van der Waals surface area contributed by atoms with E-state index in [4.69, 9.17) is 11.6 Å². The van der Waals surface area contributed by atoms with Crippen molar-refractivity contribution in [1.82, 2.24) is 19.7 Å². The predicted molar refractivity (Wildman–Crippen MR) is 64.1 cm³/mol. The summed E-state index contributed by atoms with van der Waals surface area (Å²) in [4.78, 5) is 16.0. The Kier molecular flexibility index (Phi) is 3.19. The predicted octanol–water partition coefficient (Wildman–Crippen LogP) is 1.35. The molecule has 2 heterocycles. The van der Waals surface area contributed by atoms with Gasteiger partial charge >= 0.3 is 0 Å². The zero-order chi connectivity index (χ0) is 12.4. The van der Waals surface area contributed by atoms with Crippen LogP contribution in [0.2, 0.25) is 5.15 Å². The van der Waals surface area contributed by atoms with Crippen molar-refractivity contribution in [2.75, 3.05) is 0 Å². The van der Waals surface area contributed by atoms with Gasteiger partial charge in [0.25, 0.3) is 5.56 Å². The van der Waals surface area contributed by atoms with Gasteiger partial charge in [0, 0.05) is 11.8 Å². The van der Waals surface area contributed by atoms with Crippen molar-refractivity contribution in [1.29, 1.82) is 0 Å². The molecule has 0 bridgehead atoms. The maximum Gasteiger partial charge on any atom is 0.254 e.